The summed E-state index contributed by atoms with van der Waals surface area (Å²) >= 11 is 0. The van der Waals surface area contributed by atoms with Crippen molar-refractivity contribution in [2.45, 2.75) is 25.4 Å². The minimum atomic E-state index is -4.26. The number of aliphatic hydroxyl groups is 1. The third kappa shape index (κ3) is 4.21. The van der Waals surface area contributed by atoms with Crippen LogP contribution >= 0.6 is 0 Å². The lowest BCUT2D eigenvalue weighted by molar-refractivity contribution is -0.137. The van der Waals surface area contributed by atoms with Gasteiger partial charge in [0.1, 0.15) is 0 Å². The third-order valence-electron chi connectivity index (χ3n) is 3.85. The van der Waals surface area contributed by atoms with Crippen molar-refractivity contribution in [1.29, 1.82) is 0 Å². The van der Waals surface area contributed by atoms with Crippen molar-refractivity contribution in [2.24, 2.45) is 5.92 Å². The fourth-order valence-electron chi connectivity index (χ4n) is 2.63. The summed E-state index contributed by atoms with van der Waals surface area (Å²) in [7, 11) is 0. The monoisotopic (exact) mass is 287 g/mol. The van der Waals surface area contributed by atoms with Gasteiger partial charge < -0.3 is 10.0 Å². The summed E-state index contributed by atoms with van der Waals surface area (Å²) in [4.78, 5) is 2.31. The van der Waals surface area contributed by atoms with E-state index in [9.17, 15) is 13.2 Å². The van der Waals surface area contributed by atoms with E-state index in [1.165, 1.54) is 0 Å². The first-order chi connectivity index (χ1) is 9.49. The van der Waals surface area contributed by atoms with E-state index in [1.54, 1.807) is 12.1 Å². The summed E-state index contributed by atoms with van der Waals surface area (Å²) in [6.45, 7) is 3.13. The highest BCUT2D eigenvalue weighted by Gasteiger charge is 2.29. The summed E-state index contributed by atoms with van der Waals surface area (Å²) < 4.78 is 37.3. The number of alkyl halides is 3. The van der Waals surface area contributed by atoms with Gasteiger partial charge in [0.25, 0.3) is 0 Å². The molecule has 1 aromatic rings. The van der Waals surface area contributed by atoms with Crippen LogP contribution in [0.1, 0.15) is 24.0 Å². The van der Waals surface area contributed by atoms with Crippen molar-refractivity contribution in [2.75, 3.05) is 26.2 Å². The van der Waals surface area contributed by atoms with Crippen LogP contribution in [0.4, 0.5) is 13.2 Å². The molecule has 1 atom stereocenters. The van der Waals surface area contributed by atoms with Crippen LogP contribution in [0, 0.1) is 5.92 Å². The van der Waals surface area contributed by atoms with E-state index in [0.29, 0.717) is 5.92 Å². The Labute approximate surface area is 117 Å². The number of halogens is 3. The molecule has 0 spiro atoms. The maximum absolute atomic E-state index is 12.4. The molecule has 5 heteroatoms. The Hall–Kier alpha value is -1.07. The van der Waals surface area contributed by atoms with Crippen molar-refractivity contribution in [1.82, 2.24) is 4.90 Å². The quantitative estimate of drug-likeness (QED) is 0.900. The van der Waals surface area contributed by atoms with Crippen LogP contribution in [-0.4, -0.2) is 36.2 Å². The van der Waals surface area contributed by atoms with Crippen molar-refractivity contribution in [3.63, 3.8) is 0 Å². The van der Waals surface area contributed by atoms with Crippen LogP contribution in [0.3, 0.4) is 0 Å². The molecule has 1 aromatic carbocycles. The molecular weight excluding hydrogens is 267 g/mol. The molecule has 0 bridgehead atoms. The molecule has 1 fully saturated rings. The van der Waals surface area contributed by atoms with Crippen molar-refractivity contribution in [3.8, 4) is 0 Å². The highest BCUT2D eigenvalue weighted by Crippen LogP contribution is 2.29. The number of hydrogen-bond donors (Lipinski definition) is 1. The average Bonchev–Trinajstić information content (AvgIpc) is 2.86. The minimum absolute atomic E-state index is 0.245. The molecular formula is C15H20F3NO. The fraction of sp³-hybridized carbons (Fsp3) is 0.600. The lowest BCUT2D eigenvalue weighted by Crippen LogP contribution is -2.23. The van der Waals surface area contributed by atoms with E-state index >= 15 is 0 Å². The van der Waals surface area contributed by atoms with Crippen molar-refractivity contribution in [3.05, 3.63) is 35.4 Å². The summed E-state index contributed by atoms with van der Waals surface area (Å²) in [6.07, 6.45) is -1.49. The highest BCUT2D eigenvalue weighted by atomic mass is 19.4. The molecule has 2 rings (SSSR count). The smallest absolute Gasteiger partial charge is 0.396 e. The number of nitrogens with zero attached hydrogens (tertiary/aromatic N) is 1. The molecule has 1 saturated heterocycles. The van der Waals surface area contributed by atoms with Gasteiger partial charge in [-0.1, -0.05) is 12.1 Å². The van der Waals surface area contributed by atoms with Gasteiger partial charge in [0.2, 0.25) is 0 Å². The van der Waals surface area contributed by atoms with E-state index < -0.39 is 11.7 Å². The average molecular weight is 287 g/mol. The predicted molar refractivity (Wildman–Crippen MR) is 71.4 cm³/mol. The molecule has 0 radical (unpaired) electrons. The Morgan fingerprint density at radius 1 is 1.20 bits per heavy atom. The zero-order valence-electron chi connectivity index (χ0n) is 11.4. The first-order valence-corrected chi connectivity index (χ1v) is 6.98. The van der Waals surface area contributed by atoms with Gasteiger partial charge in [-0.05, 0) is 56.0 Å². The van der Waals surface area contributed by atoms with Crippen LogP contribution in [0.5, 0.6) is 0 Å². The zero-order valence-corrected chi connectivity index (χ0v) is 11.4. The molecule has 1 unspecified atom stereocenters. The van der Waals surface area contributed by atoms with E-state index in [1.807, 2.05) is 0 Å². The van der Waals surface area contributed by atoms with Crippen LogP contribution in [0.25, 0.3) is 0 Å². The molecule has 0 saturated carbocycles. The maximum atomic E-state index is 12.4. The Bertz CT molecular complexity index is 416. The summed E-state index contributed by atoms with van der Waals surface area (Å²) in [5.74, 6) is 0.390. The molecule has 1 heterocycles. The van der Waals surface area contributed by atoms with E-state index in [-0.39, 0.29) is 6.61 Å². The van der Waals surface area contributed by atoms with E-state index in [4.69, 9.17) is 5.11 Å². The number of hydrogen-bond acceptors (Lipinski definition) is 2. The van der Waals surface area contributed by atoms with Crippen molar-refractivity contribution < 1.29 is 18.3 Å². The van der Waals surface area contributed by atoms with Crippen LogP contribution in [-0.2, 0) is 12.6 Å². The molecule has 20 heavy (non-hydrogen) atoms. The number of rotatable bonds is 5. The Kier molecular flexibility index (Phi) is 5.05. The Balaban J connectivity index is 1.75. The second-order valence-electron chi connectivity index (χ2n) is 5.44. The standard InChI is InChI=1S/C15H20F3NO/c16-15(17,18)14-5-3-12(4-6-14)2-1-8-19-9-7-13(10-19)11-20/h3-6,13,20H,1-2,7-11H2. The molecule has 0 aliphatic carbocycles. The summed E-state index contributed by atoms with van der Waals surface area (Å²) in [5, 5.41) is 9.06. The molecule has 1 aliphatic rings. The highest BCUT2D eigenvalue weighted by molar-refractivity contribution is 5.24. The van der Waals surface area contributed by atoms with E-state index in [2.05, 4.69) is 4.90 Å². The van der Waals surface area contributed by atoms with Crippen LogP contribution in [0.15, 0.2) is 24.3 Å². The normalized spacial score (nSPS) is 20.5. The molecule has 1 N–H and O–H groups in total. The van der Waals surface area contributed by atoms with Crippen LogP contribution < -0.4 is 0 Å². The molecule has 1 aliphatic heterocycles. The van der Waals surface area contributed by atoms with Gasteiger partial charge in [0, 0.05) is 13.2 Å². The van der Waals surface area contributed by atoms with Gasteiger partial charge in [-0.3, -0.25) is 0 Å². The second-order valence-corrected chi connectivity index (χ2v) is 5.44. The predicted octanol–water partition coefficient (Wildman–Crippen LogP) is 2.95. The molecule has 2 nitrogen and oxygen atoms in total. The van der Waals surface area contributed by atoms with Gasteiger partial charge >= 0.3 is 6.18 Å². The second kappa shape index (κ2) is 6.59. The first-order valence-electron chi connectivity index (χ1n) is 6.98. The zero-order chi connectivity index (χ0) is 14.6. The lowest BCUT2D eigenvalue weighted by Gasteiger charge is -2.15. The van der Waals surface area contributed by atoms with E-state index in [0.717, 1.165) is 56.6 Å². The molecule has 112 valence electrons. The first kappa shape index (κ1) is 15.3. The third-order valence-corrected chi connectivity index (χ3v) is 3.85. The number of aliphatic hydroxyl groups excluding tert-OH is 1. The maximum Gasteiger partial charge on any atom is 0.416 e. The number of aryl methyl sites for hydroxylation is 1. The number of likely N-dealkylation sites (tertiary alicyclic amines) is 1. The van der Waals surface area contributed by atoms with Gasteiger partial charge in [-0.15, -0.1) is 0 Å². The largest absolute Gasteiger partial charge is 0.416 e. The molecule has 0 aromatic heterocycles. The lowest BCUT2D eigenvalue weighted by atomic mass is 10.1. The SMILES string of the molecule is OCC1CCN(CCCc2ccc(C(F)(F)F)cc2)C1. The Morgan fingerprint density at radius 2 is 1.90 bits per heavy atom. The summed E-state index contributed by atoms with van der Waals surface area (Å²) in [5.41, 5.74) is 0.350. The fourth-order valence-corrected chi connectivity index (χ4v) is 2.63. The van der Waals surface area contributed by atoms with Gasteiger partial charge in [-0.25, -0.2) is 0 Å². The topological polar surface area (TPSA) is 23.5 Å². The van der Waals surface area contributed by atoms with Crippen LogP contribution in [0.2, 0.25) is 0 Å². The summed E-state index contributed by atoms with van der Waals surface area (Å²) in [6, 6.07) is 5.41. The van der Waals surface area contributed by atoms with Gasteiger partial charge in [-0.2, -0.15) is 13.2 Å². The molecule has 0 amide bonds. The van der Waals surface area contributed by atoms with Gasteiger partial charge in [0.05, 0.1) is 5.56 Å². The minimum Gasteiger partial charge on any atom is -0.396 e. The number of benzene rings is 1. The Morgan fingerprint density at radius 3 is 2.45 bits per heavy atom. The van der Waals surface area contributed by atoms with Gasteiger partial charge in [0.15, 0.2) is 0 Å². The van der Waals surface area contributed by atoms with Crippen molar-refractivity contribution >= 4 is 0 Å².